The van der Waals surface area contributed by atoms with Crippen molar-refractivity contribution in [2.24, 2.45) is 5.92 Å². The number of nitrogens with one attached hydrogen (secondary N) is 2. The van der Waals surface area contributed by atoms with Gasteiger partial charge in [0.1, 0.15) is 12.1 Å². The van der Waals surface area contributed by atoms with Gasteiger partial charge in [-0.1, -0.05) is 32.4 Å². The lowest BCUT2D eigenvalue weighted by Gasteiger charge is -2.36. The molecule has 1 aromatic heterocycles. The van der Waals surface area contributed by atoms with Crippen LogP contribution in [-0.2, 0) is 16.0 Å². The number of aromatic amines is 1. The van der Waals surface area contributed by atoms with Crippen molar-refractivity contribution in [2.75, 3.05) is 13.7 Å². The van der Waals surface area contributed by atoms with E-state index in [1.807, 2.05) is 13.8 Å². The third-order valence-electron chi connectivity index (χ3n) is 5.41. The second-order valence-corrected chi connectivity index (χ2v) is 7.09. The molecule has 0 saturated heterocycles. The number of aromatic nitrogens is 2. The lowest BCUT2D eigenvalue weighted by Crippen LogP contribution is -2.53. The maximum Gasteiger partial charge on any atom is 0.328 e. The van der Waals surface area contributed by atoms with Crippen LogP contribution in [0.15, 0.2) is 24.5 Å². The van der Waals surface area contributed by atoms with Gasteiger partial charge in [-0.15, -0.1) is 0 Å². The Morgan fingerprint density at radius 3 is 2.86 bits per heavy atom. The molecule has 0 radical (unpaired) electrons. The maximum atomic E-state index is 14.6. The molecule has 3 rings (SSSR count). The number of H-pyrrole nitrogens is 1. The minimum absolute atomic E-state index is 0.00589. The molecule has 2 aromatic rings. The zero-order valence-electron chi connectivity index (χ0n) is 16.5. The molecule has 0 saturated carbocycles. The van der Waals surface area contributed by atoms with E-state index in [1.54, 1.807) is 0 Å². The number of fused-ring (bicyclic) bond motifs is 1. The molecule has 2 N–H and O–H groups in total. The number of imidazole rings is 1. The summed E-state index contributed by atoms with van der Waals surface area (Å²) in [5.74, 6) is -2.75. The highest BCUT2D eigenvalue weighted by Gasteiger charge is 2.38. The molecule has 3 atom stereocenters. The number of halogens is 2. The number of hydrogen-bond donors (Lipinski definition) is 2. The van der Waals surface area contributed by atoms with Crippen molar-refractivity contribution in [2.45, 2.75) is 38.8 Å². The summed E-state index contributed by atoms with van der Waals surface area (Å²) in [4.78, 5) is 33.9. The molecular weight excluding hydrogens is 382 g/mol. The number of nitrogens with zero attached hydrogens (tertiary/aromatic N) is 2. The fourth-order valence-corrected chi connectivity index (χ4v) is 3.55. The van der Waals surface area contributed by atoms with Crippen LogP contribution in [0.2, 0.25) is 0 Å². The van der Waals surface area contributed by atoms with Gasteiger partial charge in [-0.05, 0) is 12.0 Å². The molecule has 156 valence electrons. The molecule has 9 heteroatoms. The topological polar surface area (TPSA) is 87.3 Å². The third-order valence-corrected chi connectivity index (χ3v) is 5.41. The molecule has 0 bridgehead atoms. The van der Waals surface area contributed by atoms with Crippen LogP contribution in [0.5, 0.6) is 0 Å². The van der Waals surface area contributed by atoms with E-state index in [2.05, 4.69) is 15.3 Å². The normalized spacial score (nSPS) is 18.0. The van der Waals surface area contributed by atoms with Gasteiger partial charge in [0.15, 0.2) is 11.6 Å². The van der Waals surface area contributed by atoms with E-state index in [0.29, 0.717) is 18.5 Å². The first-order valence-corrected chi connectivity index (χ1v) is 9.50. The van der Waals surface area contributed by atoms with Gasteiger partial charge < -0.3 is 19.9 Å². The minimum Gasteiger partial charge on any atom is -0.467 e. The monoisotopic (exact) mass is 406 g/mol. The quantitative estimate of drug-likeness (QED) is 0.748. The Labute approximate surface area is 167 Å². The molecule has 1 aromatic carbocycles. The Balaban J connectivity index is 1.97. The highest BCUT2D eigenvalue weighted by atomic mass is 19.2. The summed E-state index contributed by atoms with van der Waals surface area (Å²) in [6, 6.07) is 1.50. The van der Waals surface area contributed by atoms with Crippen LogP contribution in [0.1, 0.15) is 43.3 Å². The van der Waals surface area contributed by atoms with E-state index >= 15 is 0 Å². The number of ether oxygens (including phenoxy) is 1. The predicted molar refractivity (Wildman–Crippen MR) is 101 cm³/mol. The standard InChI is InChI=1S/C20H24F2N4O3/c1-4-11(2)16(19(27)29-3)25-20(28)26-9-8-14-17(24-10-23-14)18(26)12-6-5-7-13(21)15(12)22/h5-7,10-11,16,18H,4,8-9H2,1-3H3,(H,23,24)(H,25,28)/t11-,16-,18+/m0/s1. The van der Waals surface area contributed by atoms with Crippen molar-refractivity contribution in [3.63, 3.8) is 0 Å². The summed E-state index contributed by atoms with van der Waals surface area (Å²) in [6.45, 7) is 3.97. The van der Waals surface area contributed by atoms with Crippen molar-refractivity contribution in [1.29, 1.82) is 0 Å². The Kier molecular flexibility index (Phi) is 6.14. The van der Waals surface area contributed by atoms with Crippen LogP contribution in [0.3, 0.4) is 0 Å². The van der Waals surface area contributed by atoms with Gasteiger partial charge in [0.25, 0.3) is 0 Å². The van der Waals surface area contributed by atoms with Gasteiger partial charge in [0.05, 0.1) is 19.1 Å². The van der Waals surface area contributed by atoms with Gasteiger partial charge in [-0.25, -0.2) is 23.4 Å². The largest absolute Gasteiger partial charge is 0.467 e. The number of carbonyl (C=O) groups excluding carboxylic acids is 2. The molecule has 0 aliphatic carbocycles. The molecule has 0 fully saturated rings. The second kappa shape index (κ2) is 8.59. The number of benzene rings is 1. The molecule has 0 unspecified atom stereocenters. The smallest absolute Gasteiger partial charge is 0.328 e. The fourth-order valence-electron chi connectivity index (χ4n) is 3.55. The highest BCUT2D eigenvalue weighted by Crippen LogP contribution is 2.35. The van der Waals surface area contributed by atoms with Crippen molar-refractivity contribution in [1.82, 2.24) is 20.2 Å². The van der Waals surface area contributed by atoms with Crippen LogP contribution >= 0.6 is 0 Å². The lowest BCUT2D eigenvalue weighted by molar-refractivity contribution is -0.144. The summed E-state index contributed by atoms with van der Waals surface area (Å²) < 4.78 is 33.3. The number of urea groups is 1. The maximum absolute atomic E-state index is 14.6. The molecule has 7 nitrogen and oxygen atoms in total. The number of amides is 2. The highest BCUT2D eigenvalue weighted by molar-refractivity contribution is 5.84. The summed E-state index contributed by atoms with van der Waals surface area (Å²) >= 11 is 0. The van der Waals surface area contributed by atoms with E-state index in [1.165, 1.54) is 30.5 Å². The third kappa shape index (κ3) is 3.94. The Hall–Kier alpha value is -2.97. The average molecular weight is 406 g/mol. The van der Waals surface area contributed by atoms with Gasteiger partial charge in [-0.2, -0.15) is 0 Å². The number of methoxy groups -OCH3 is 1. The Bertz CT molecular complexity index is 902. The predicted octanol–water partition coefficient (Wildman–Crippen LogP) is 2.93. The first-order valence-electron chi connectivity index (χ1n) is 9.50. The van der Waals surface area contributed by atoms with Gasteiger partial charge >= 0.3 is 12.0 Å². The second-order valence-electron chi connectivity index (χ2n) is 7.09. The number of rotatable bonds is 5. The Morgan fingerprint density at radius 1 is 1.41 bits per heavy atom. The Morgan fingerprint density at radius 2 is 2.17 bits per heavy atom. The van der Waals surface area contributed by atoms with Gasteiger partial charge in [0, 0.05) is 24.2 Å². The van der Waals surface area contributed by atoms with Gasteiger partial charge in [0.2, 0.25) is 0 Å². The molecule has 1 aliphatic heterocycles. The zero-order valence-corrected chi connectivity index (χ0v) is 16.5. The summed E-state index contributed by atoms with van der Waals surface area (Å²) in [7, 11) is 1.26. The molecular formula is C20H24F2N4O3. The SMILES string of the molecule is CC[C@H](C)[C@H](NC(=O)N1CCc2[nH]cnc2[C@H]1c1cccc(F)c1F)C(=O)OC. The first kappa shape index (κ1) is 20.8. The van der Waals surface area contributed by atoms with Gasteiger partial charge in [-0.3, -0.25) is 0 Å². The first-order chi connectivity index (χ1) is 13.9. The van der Waals surface area contributed by atoms with Crippen molar-refractivity contribution in [3.8, 4) is 0 Å². The number of esters is 1. The van der Waals surface area contributed by atoms with Crippen LogP contribution in [0, 0.1) is 17.6 Å². The summed E-state index contributed by atoms with van der Waals surface area (Å²) in [5.41, 5.74) is 1.22. The van der Waals surface area contributed by atoms with Crippen LogP contribution in [0.4, 0.5) is 13.6 Å². The van der Waals surface area contributed by atoms with E-state index in [4.69, 9.17) is 4.74 Å². The minimum atomic E-state index is -1.03. The van der Waals surface area contributed by atoms with Crippen LogP contribution in [0.25, 0.3) is 0 Å². The fraction of sp³-hybridized carbons (Fsp3) is 0.450. The van der Waals surface area contributed by atoms with Crippen LogP contribution < -0.4 is 5.32 Å². The van der Waals surface area contributed by atoms with E-state index in [0.717, 1.165) is 11.8 Å². The molecule has 0 spiro atoms. The van der Waals surface area contributed by atoms with E-state index in [-0.39, 0.29) is 18.0 Å². The van der Waals surface area contributed by atoms with E-state index < -0.39 is 35.7 Å². The van der Waals surface area contributed by atoms with Crippen molar-refractivity contribution < 1.29 is 23.1 Å². The van der Waals surface area contributed by atoms with Crippen LogP contribution in [-0.4, -0.2) is 46.6 Å². The number of hydrogen-bond acceptors (Lipinski definition) is 4. The lowest BCUT2D eigenvalue weighted by atomic mass is 9.95. The van der Waals surface area contributed by atoms with E-state index in [9.17, 15) is 18.4 Å². The molecule has 2 heterocycles. The van der Waals surface area contributed by atoms with Crippen molar-refractivity contribution in [3.05, 3.63) is 53.1 Å². The molecule has 29 heavy (non-hydrogen) atoms. The van der Waals surface area contributed by atoms with Crippen molar-refractivity contribution >= 4 is 12.0 Å². The zero-order chi connectivity index (χ0) is 21.1. The average Bonchev–Trinajstić information content (AvgIpc) is 3.21. The molecule has 2 amide bonds. The summed E-state index contributed by atoms with van der Waals surface area (Å²) in [5, 5.41) is 2.70. The molecule has 1 aliphatic rings. The number of carbonyl (C=O) groups is 2. The summed E-state index contributed by atoms with van der Waals surface area (Å²) in [6.07, 6.45) is 2.58.